The second-order valence-corrected chi connectivity index (χ2v) is 12.7. The highest BCUT2D eigenvalue weighted by molar-refractivity contribution is 6.42. The molecule has 210 valence electrons. The Bertz CT molecular complexity index is 1370. The van der Waals surface area contributed by atoms with Gasteiger partial charge >= 0.3 is 0 Å². The van der Waals surface area contributed by atoms with Crippen molar-refractivity contribution in [3.63, 3.8) is 0 Å². The van der Waals surface area contributed by atoms with Gasteiger partial charge in [-0.2, -0.15) is 0 Å². The van der Waals surface area contributed by atoms with Gasteiger partial charge in [0, 0.05) is 26.6 Å². The zero-order valence-corrected chi connectivity index (χ0v) is 24.9. The number of halogens is 2. The van der Waals surface area contributed by atoms with Crippen molar-refractivity contribution in [2.45, 2.75) is 56.5 Å². The maximum absolute atomic E-state index is 14.1. The summed E-state index contributed by atoms with van der Waals surface area (Å²) in [5, 5.41) is 7.55. The fourth-order valence-electron chi connectivity index (χ4n) is 6.42. The lowest BCUT2D eigenvalue weighted by Gasteiger charge is -2.43. The van der Waals surface area contributed by atoms with E-state index in [4.69, 9.17) is 23.2 Å². The van der Waals surface area contributed by atoms with Crippen LogP contribution in [0, 0.1) is 5.92 Å². The lowest BCUT2D eigenvalue weighted by molar-refractivity contribution is -0.126. The Morgan fingerprint density at radius 2 is 1.52 bits per heavy atom. The van der Waals surface area contributed by atoms with E-state index in [0.29, 0.717) is 10.0 Å². The molecule has 2 N–H and O–H groups in total. The van der Waals surface area contributed by atoms with Crippen LogP contribution in [0.15, 0.2) is 78.9 Å². The van der Waals surface area contributed by atoms with E-state index < -0.39 is 11.0 Å². The van der Waals surface area contributed by atoms with Crippen LogP contribution in [0.4, 0.5) is 0 Å². The second-order valence-electron chi connectivity index (χ2n) is 11.9. The number of rotatable bonds is 8. The highest BCUT2D eigenvalue weighted by Gasteiger charge is 2.62. The Morgan fingerprint density at radius 3 is 2.12 bits per heavy atom. The summed E-state index contributed by atoms with van der Waals surface area (Å²) in [6.45, 7) is 8.12. The van der Waals surface area contributed by atoms with Crippen LogP contribution in [0.25, 0.3) is 0 Å². The highest BCUT2D eigenvalue weighted by Crippen LogP contribution is 2.56. The van der Waals surface area contributed by atoms with Gasteiger partial charge in [-0.05, 0) is 67.9 Å². The number of carbonyl (C=O) groups is 2. The Hall–Kier alpha value is -2.86. The maximum Gasteiger partial charge on any atom is 0.231 e. The number of nitrogens with zero attached hydrogens (tertiary/aromatic N) is 1. The molecule has 3 aromatic carbocycles. The fourth-order valence-corrected chi connectivity index (χ4v) is 6.72. The molecule has 5 rings (SSSR count). The van der Waals surface area contributed by atoms with Crippen LogP contribution >= 0.6 is 23.2 Å². The molecule has 2 atom stereocenters. The summed E-state index contributed by atoms with van der Waals surface area (Å²) in [6.07, 6.45) is 2.38. The first-order valence-corrected chi connectivity index (χ1v) is 14.7. The first-order chi connectivity index (χ1) is 19.1. The lowest BCUT2D eigenvalue weighted by Crippen LogP contribution is -2.53. The molecule has 5 nitrogen and oxygen atoms in total. The van der Waals surface area contributed by atoms with Crippen molar-refractivity contribution in [1.82, 2.24) is 15.5 Å². The van der Waals surface area contributed by atoms with E-state index in [1.807, 2.05) is 74.5 Å². The van der Waals surface area contributed by atoms with E-state index in [1.165, 1.54) is 0 Å². The van der Waals surface area contributed by atoms with Gasteiger partial charge in [0.15, 0.2) is 0 Å². The zero-order valence-electron chi connectivity index (χ0n) is 23.3. The summed E-state index contributed by atoms with van der Waals surface area (Å²) in [5.74, 6) is 0.135. The lowest BCUT2D eigenvalue weighted by atomic mass is 9.80. The van der Waals surface area contributed by atoms with Gasteiger partial charge in [-0.25, -0.2) is 0 Å². The minimum atomic E-state index is -0.675. The number of benzene rings is 3. The second kappa shape index (κ2) is 11.2. The standard InChI is InChI=1S/C33H37Cl2N3O2/c1-23(39)36-32(25-12-8-5-9-13-25)16-18-38(19-17-32)22-27-21-33(27,26-14-15-28(34)29(35)20-26)30(40)37-31(2,3)24-10-6-4-7-11-24/h4-15,20,27H,16-19,21-22H2,1-3H3,(H,36,39)(H,37,40)/t27-,33+/m0/s1. The number of amides is 2. The molecule has 0 unspecified atom stereocenters. The smallest absolute Gasteiger partial charge is 0.231 e. The predicted molar refractivity (Wildman–Crippen MR) is 161 cm³/mol. The summed E-state index contributed by atoms with van der Waals surface area (Å²) in [7, 11) is 0. The summed E-state index contributed by atoms with van der Waals surface area (Å²) in [6, 6.07) is 25.9. The fraction of sp³-hybridized carbons (Fsp3) is 0.394. The molecule has 2 aliphatic rings. The largest absolute Gasteiger partial charge is 0.347 e. The van der Waals surface area contributed by atoms with Crippen LogP contribution in [0.1, 0.15) is 56.7 Å². The van der Waals surface area contributed by atoms with E-state index in [9.17, 15) is 9.59 Å². The Labute approximate surface area is 247 Å². The normalized spacial score (nSPS) is 22.4. The van der Waals surface area contributed by atoms with E-state index >= 15 is 0 Å². The molecule has 2 amide bonds. The van der Waals surface area contributed by atoms with E-state index in [1.54, 1.807) is 13.0 Å². The van der Waals surface area contributed by atoms with Gasteiger partial charge in [0.05, 0.1) is 26.5 Å². The Kier molecular flexibility index (Phi) is 8.02. The average molecular weight is 579 g/mol. The predicted octanol–water partition coefficient (Wildman–Crippen LogP) is 6.43. The van der Waals surface area contributed by atoms with Gasteiger partial charge in [0.25, 0.3) is 0 Å². The molecule has 7 heteroatoms. The SMILES string of the molecule is CC(=O)NC1(c2ccccc2)CCN(C[C@@H]2C[C@@]2(C(=O)NC(C)(C)c2ccccc2)c2ccc(Cl)c(Cl)c2)CC1. The third kappa shape index (κ3) is 5.65. The van der Waals surface area contributed by atoms with Crippen molar-refractivity contribution in [3.05, 3.63) is 106 Å². The average Bonchev–Trinajstić information content (AvgIpc) is 3.67. The van der Waals surface area contributed by atoms with Gasteiger partial charge in [-0.3, -0.25) is 9.59 Å². The maximum atomic E-state index is 14.1. The van der Waals surface area contributed by atoms with Crippen molar-refractivity contribution in [3.8, 4) is 0 Å². The van der Waals surface area contributed by atoms with Crippen LogP contribution in [-0.4, -0.2) is 36.3 Å². The van der Waals surface area contributed by atoms with Crippen LogP contribution < -0.4 is 10.6 Å². The van der Waals surface area contributed by atoms with Crippen molar-refractivity contribution in [1.29, 1.82) is 0 Å². The molecule has 0 bridgehead atoms. The topological polar surface area (TPSA) is 61.4 Å². The first kappa shape index (κ1) is 28.7. The molecular formula is C33H37Cl2N3O2. The quantitative estimate of drug-likeness (QED) is 0.324. The Balaban J connectivity index is 1.35. The van der Waals surface area contributed by atoms with Crippen molar-refractivity contribution in [2.75, 3.05) is 19.6 Å². The van der Waals surface area contributed by atoms with Gasteiger partial charge < -0.3 is 15.5 Å². The van der Waals surface area contributed by atoms with Gasteiger partial charge in [0.1, 0.15) is 0 Å². The van der Waals surface area contributed by atoms with Gasteiger partial charge in [-0.1, -0.05) is 89.9 Å². The first-order valence-electron chi connectivity index (χ1n) is 14.0. The van der Waals surface area contributed by atoms with Crippen LogP contribution in [0.5, 0.6) is 0 Å². The number of likely N-dealkylation sites (tertiary alicyclic amines) is 1. The molecule has 40 heavy (non-hydrogen) atoms. The monoisotopic (exact) mass is 577 g/mol. The number of hydrogen-bond donors (Lipinski definition) is 2. The molecule has 1 heterocycles. The number of nitrogens with one attached hydrogen (secondary N) is 2. The van der Waals surface area contributed by atoms with Gasteiger partial charge in [-0.15, -0.1) is 0 Å². The van der Waals surface area contributed by atoms with E-state index in [0.717, 1.165) is 55.6 Å². The molecular weight excluding hydrogens is 541 g/mol. The molecule has 0 spiro atoms. The summed E-state index contributed by atoms with van der Waals surface area (Å²) in [5.41, 5.74) is 1.52. The Morgan fingerprint density at radius 1 is 0.900 bits per heavy atom. The molecule has 0 aromatic heterocycles. The van der Waals surface area contributed by atoms with Crippen molar-refractivity contribution >= 4 is 35.0 Å². The molecule has 1 saturated heterocycles. The van der Waals surface area contributed by atoms with Crippen LogP contribution in [-0.2, 0) is 26.1 Å². The minimum Gasteiger partial charge on any atom is -0.347 e. The molecule has 2 fully saturated rings. The van der Waals surface area contributed by atoms with Crippen molar-refractivity contribution in [2.24, 2.45) is 5.92 Å². The number of carbonyl (C=O) groups excluding carboxylic acids is 2. The van der Waals surface area contributed by atoms with E-state index in [-0.39, 0.29) is 23.3 Å². The van der Waals surface area contributed by atoms with Gasteiger partial charge in [0.2, 0.25) is 11.8 Å². The molecule has 3 aromatic rings. The summed E-state index contributed by atoms with van der Waals surface area (Å²) >= 11 is 12.7. The summed E-state index contributed by atoms with van der Waals surface area (Å²) < 4.78 is 0. The number of hydrogen-bond acceptors (Lipinski definition) is 3. The third-order valence-electron chi connectivity index (χ3n) is 8.80. The summed E-state index contributed by atoms with van der Waals surface area (Å²) in [4.78, 5) is 28.7. The zero-order chi connectivity index (χ0) is 28.5. The number of piperidine rings is 1. The van der Waals surface area contributed by atoms with Crippen molar-refractivity contribution < 1.29 is 9.59 Å². The minimum absolute atomic E-state index is 0.0126. The molecule has 0 radical (unpaired) electrons. The van der Waals surface area contributed by atoms with Crippen LogP contribution in [0.2, 0.25) is 10.0 Å². The highest BCUT2D eigenvalue weighted by atomic mass is 35.5. The third-order valence-corrected chi connectivity index (χ3v) is 9.54. The van der Waals surface area contributed by atoms with E-state index in [2.05, 4.69) is 27.7 Å². The molecule has 1 aliphatic carbocycles. The molecule has 1 saturated carbocycles. The van der Waals surface area contributed by atoms with Crippen LogP contribution in [0.3, 0.4) is 0 Å². The molecule has 1 aliphatic heterocycles.